The number of hydrogen-bond acceptors (Lipinski definition) is 2. The van der Waals surface area contributed by atoms with E-state index in [-0.39, 0.29) is 6.04 Å². The van der Waals surface area contributed by atoms with Crippen LogP contribution >= 0.6 is 0 Å². The zero-order valence-electron chi connectivity index (χ0n) is 8.73. The second-order valence-corrected chi connectivity index (χ2v) is 3.52. The number of carbonyl (C=O) groups is 1. The molecule has 1 aromatic carbocycles. The lowest BCUT2D eigenvalue weighted by Crippen LogP contribution is -2.23. The van der Waals surface area contributed by atoms with E-state index < -0.39 is 6.09 Å². The highest BCUT2D eigenvalue weighted by Crippen LogP contribution is 2.11. The van der Waals surface area contributed by atoms with Gasteiger partial charge in [-0.15, -0.1) is 0 Å². The Labute approximate surface area is 89.1 Å². The molecule has 0 aliphatic heterocycles. The molecule has 0 heterocycles. The summed E-state index contributed by atoms with van der Waals surface area (Å²) >= 11 is 0. The minimum atomic E-state index is -0.988. The molecule has 1 atom stereocenters. The molecule has 1 amide bonds. The Morgan fingerprint density at radius 1 is 1.60 bits per heavy atom. The molecule has 1 unspecified atom stereocenters. The molecule has 0 spiro atoms. The molecule has 0 radical (unpaired) electrons. The molecule has 0 fully saturated rings. The first-order valence-corrected chi connectivity index (χ1v) is 4.91. The highest BCUT2D eigenvalue weighted by molar-refractivity contribution is 5.64. The number of benzene rings is 1. The number of nitrogens with two attached hydrogens (primary N) is 1. The van der Waals surface area contributed by atoms with Crippen LogP contribution in [0.3, 0.4) is 0 Å². The van der Waals surface area contributed by atoms with Gasteiger partial charge in [0, 0.05) is 12.6 Å². The molecule has 15 heavy (non-hydrogen) atoms. The Hall–Kier alpha value is -1.55. The van der Waals surface area contributed by atoms with Crippen molar-refractivity contribution in [3.63, 3.8) is 0 Å². The van der Waals surface area contributed by atoms with Crippen molar-refractivity contribution in [3.8, 4) is 0 Å². The normalized spacial score (nSPS) is 12.1. The fourth-order valence-electron chi connectivity index (χ4n) is 1.35. The maximum atomic E-state index is 10.2. The summed E-state index contributed by atoms with van der Waals surface area (Å²) in [6.45, 7) is 2.35. The van der Waals surface area contributed by atoms with Gasteiger partial charge in [-0.3, -0.25) is 0 Å². The predicted octanol–water partition coefficient (Wildman–Crippen LogP) is 1.52. The topological polar surface area (TPSA) is 75.3 Å². The molecule has 4 heteroatoms. The van der Waals surface area contributed by atoms with Gasteiger partial charge in [-0.05, 0) is 24.5 Å². The van der Waals surface area contributed by atoms with Gasteiger partial charge < -0.3 is 16.2 Å². The van der Waals surface area contributed by atoms with E-state index in [0.717, 1.165) is 11.1 Å². The highest BCUT2D eigenvalue weighted by atomic mass is 16.4. The molecule has 0 aromatic heterocycles. The summed E-state index contributed by atoms with van der Waals surface area (Å²) in [4.78, 5) is 10.2. The summed E-state index contributed by atoms with van der Waals surface area (Å²) < 4.78 is 0. The van der Waals surface area contributed by atoms with Gasteiger partial charge >= 0.3 is 6.09 Å². The first-order chi connectivity index (χ1) is 7.09. The van der Waals surface area contributed by atoms with Gasteiger partial charge in [-0.25, -0.2) is 4.79 Å². The molecule has 0 aliphatic carbocycles. The van der Waals surface area contributed by atoms with Gasteiger partial charge in [0.05, 0.1) is 0 Å². The smallest absolute Gasteiger partial charge is 0.404 e. The zero-order valence-corrected chi connectivity index (χ0v) is 8.73. The molecule has 0 saturated carbocycles. The van der Waals surface area contributed by atoms with E-state index in [9.17, 15) is 4.79 Å². The van der Waals surface area contributed by atoms with Gasteiger partial charge in [0.2, 0.25) is 0 Å². The minimum Gasteiger partial charge on any atom is -0.465 e. The van der Waals surface area contributed by atoms with Crippen molar-refractivity contribution < 1.29 is 9.90 Å². The van der Waals surface area contributed by atoms with Crippen molar-refractivity contribution in [2.24, 2.45) is 5.73 Å². The maximum Gasteiger partial charge on any atom is 0.404 e. The van der Waals surface area contributed by atoms with Crippen LogP contribution in [-0.2, 0) is 6.42 Å². The van der Waals surface area contributed by atoms with Crippen LogP contribution in [0.25, 0.3) is 0 Å². The van der Waals surface area contributed by atoms with Crippen LogP contribution in [-0.4, -0.2) is 17.7 Å². The first kappa shape index (κ1) is 11.5. The average Bonchev–Trinajstić information content (AvgIpc) is 2.17. The molecular formula is C11H16N2O2. The molecule has 0 saturated heterocycles. The highest BCUT2D eigenvalue weighted by Gasteiger charge is 2.01. The summed E-state index contributed by atoms with van der Waals surface area (Å²) in [6.07, 6.45) is -0.300. The van der Waals surface area contributed by atoms with Crippen LogP contribution in [0.5, 0.6) is 0 Å². The quantitative estimate of drug-likeness (QED) is 0.702. The fourth-order valence-corrected chi connectivity index (χ4v) is 1.35. The lowest BCUT2D eigenvalue weighted by molar-refractivity contribution is 0.194. The third kappa shape index (κ3) is 3.99. The Balaban J connectivity index is 2.54. The van der Waals surface area contributed by atoms with Crippen molar-refractivity contribution in [1.82, 2.24) is 5.32 Å². The predicted molar refractivity (Wildman–Crippen MR) is 58.8 cm³/mol. The zero-order chi connectivity index (χ0) is 11.3. The molecule has 0 bridgehead atoms. The van der Waals surface area contributed by atoms with Gasteiger partial charge in [0.15, 0.2) is 0 Å². The van der Waals surface area contributed by atoms with E-state index in [1.807, 2.05) is 31.2 Å². The Morgan fingerprint density at radius 3 is 2.93 bits per heavy atom. The van der Waals surface area contributed by atoms with Crippen LogP contribution in [0, 0.1) is 0 Å². The standard InChI is InChI=1S/C11H16N2O2/c1-8(12)10-4-2-3-9(7-10)5-6-13-11(14)15/h2-4,7-8,13H,5-6,12H2,1H3,(H,14,15). The summed E-state index contributed by atoms with van der Waals surface area (Å²) in [5, 5.41) is 10.7. The number of carboxylic acid groups (broad SMARTS) is 1. The van der Waals surface area contributed by atoms with E-state index in [0.29, 0.717) is 13.0 Å². The van der Waals surface area contributed by atoms with Gasteiger partial charge in [0.1, 0.15) is 0 Å². The van der Waals surface area contributed by atoms with E-state index >= 15 is 0 Å². The van der Waals surface area contributed by atoms with Gasteiger partial charge in [-0.1, -0.05) is 24.3 Å². The van der Waals surface area contributed by atoms with Crippen LogP contribution in [0.4, 0.5) is 4.79 Å². The lowest BCUT2D eigenvalue weighted by atomic mass is 10.0. The molecule has 0 aliphatic rings. The summed E-state index contributed by atoms with van der Waals surface area (Å²) in [5.74, 6) is 0. The molecule has 4 N–H and O–H groups in total. The number of rotatable bonds is 4. The van der Waals surface area contributed by atoms with Crippen LogP contribution in [0.2, 0.25) is 0 Å². The third-order valence-electron chi connectivity index (χ3n) is 2.17. The summed E-state index contributed by atoms with van der Waals surface area (Å²) in [6, 6.07) is 7.90. The largest absolute Gasteiger partial charge is 0.465 e. The summed E-state index contributed by atoms with van der Waals surface area (Å²) in [5.41, 5.74) is 7.92. The molecule has 82 valence electrons. The molecular weight excluding hydrogens is 192 g/mol. The van der Waals surface area contributed by atoms with Gasteiger partial charge in [-0.2, -0.15) is 0 Å². The van der Waals surface area contributed by atoms with Crippen LogP contribution in [0.15, 0.2) is 24.3 Å². The number of amides is 1. The number of nitrogens with one attached hydrogen (secondary N) is 1. The van der Waals surface area contributed by atoms with Gasteiger partial charge in [0.25, 0.3) is 0 Å². The first-order valence-electron chi connectivity index (χ1n) is 4.91. The number of hydrogen-bond donors (Lipinski definition) is 3. The van der Waals surface area contributed by atoms with Crippen LogP contribution in [0.1, 0.15) is 24.1 Å². The van der Waals surface area contributed by atoms with Crippen LogP contribution < -0.4 is 11.1 Å². The van der Waals surface area contributed by atoms with E-state index in [1.165, 1.54) is 0 Å². The SMILES string of the molecule is CC(N)c1cccc(CCNC(=O)O)c1. The monoisotopic (exact) mass is 208 g/mol. The van der Waals surface area contributed by atoms with Crippen molar-refractivity contribution in [2.45, 2.75) is 19.4 Å². The van der Waals surface area contributed by atoms with Crippen molar-refractivity contribution >= 4 is 6.09 Å². The maximum absolute atomic E-state index is 10.2. The molecule has 4 nitrogen and oxygen atoms in total. The Kier molecular flexibility index (Phi) is 4.12. The van der Waals surface area contributed by atoms with Crippen molar-refractivity contribution in [1.29, 1.82) is 0 Å². The summed E-state index contributed by atoms with van der Waals surface area (Å²) in [7, 11) is 0. The lowest BCUT2D eigenvalue weighted by Gasteiger charge is -2.08. The third-order valence-corrected chi connectivity index (χ3v) is 2.17. The van der Waals surface area contributed by atoms with E-state index in [4.69, 9.17) is 10.8 Å². The molecule has 1 rings (SSSR count). The average molecular weight is 208 g/mol. The second-order valence-electron chi connectivity index (χ2n) is 3.52. The molecule has 1 aromatic rings. The van der Waals surface area contributed by atoms with E-state index in [2.05, 4.69) is 5.32 Å². The van der Waals surface area contributed by atoms with E-state index in [1.54, 1.807) is 0 Å². The minimum absolute atomic E-state index is 0.0115. The fraction of sp³-hybridized carbons (Fsp3) is 0.364. The second kappa shape index (κ2) is 5.36. The van der Waals surface area contributed by atoms with Crippen molar-refractivity contribution in [2.75, 3.05) is 6.54 Å². The Morgan fingerprint density at radius 2 is 2.33 bits per heavy atom. The Bertz CT molecular complexity index is 337. The van der Waals surface area contributed by atoms with Crippen molar-refractivity contribution in [3.05, 3.63) is 35.4 Å².